The van der Waals surface area contributed by atoms with Gasteiger partial charge in [0.15, 0.2) is 0 Å². The third kappa shape index (κ3) is 8.12. The van der Waals surface area contributed by atoms with Crippen molar-refractivity contribution in [1.29, 1.82) is 0 Å². The quantitative estimate of drug-likeness (QED) is 0.702. The molecule has 3 heteroatoms. The van der Waals surface area contributed by atoms with E-state index in [1.165, 1.54) is 0 Å². The van der Waals surface area contributed by atoms with Crippen LogP contribution in [0.5, 0.6) is 0 Å². The van der Waals surface area contributed by atoms with Crippen LogP contribution in [0.1, 0.15) is 59.8 Å². The van der Waals surface area contributed by atoms with Crippen molar-refractivity contribution in [2.24, 2.45) is 11.8 Å². The highest BCUT2D eigenvalue weighted by atomic mass is 16.5. The van der Waals surface area contributed by atoms with Gasteiger partial charge >= 0.3 is 0 Å². The van der Waals surface area contributed by atoms with E-state index in [1.807, 2.05) is 4.90 Å². The molecular formula is C18H31NO2. The number of carbonyl (C=O) groups is 1. The Bertz CT molecular complexity index is 357. The molecular weight excluding hydrogens is 262 g/mol. The summed E-state index contributed by atoms with van der Waals surface area (Å²) in [6, 6.07) is 0. The maximum Gasteiger partial charge on any atom is 0.222 e. The highest BCUT2D eigenvalue weighted by Crippen LogP contribution is 2.16. The number of piperidine rings is 1. The molecule has 0 saturated carbocycles. The van der Waals surface area contributed by atoms with E-state index in [2.05, 4.69) is 39.5 Å². The zero-order valence-corrected chi connectivity index (χ0v) is 14.2. The van der Waals surface area contributed by atoms with Gasteiger partial charge in [0.25, 0.3) is 0 Å². The van der Waals surface area contributed by atoms with Gasteiger partial charge < -0.3 is 9.64 Å². The fourth-order valence-corrected chi connectivity index (χ4v) is 2.50. The number of ether oxygens (including phenoxy) is 1. The van der Waals surface area contributed by atoms with Crippen molar-refractivity contribution >= 4 is 5.91 Å². The molecule has 1 fully saturated rings. The minimum absolute atomic E-state index is 0.270. The van der Waals surface area contributed by atoms with E-state index in [0.717, 1.165) is 38.8 Å². The predicted molar refractivity (Wildman–Crippen MR) is 86.9 cm³/mol. The van der Waals surface area contributed by atoms with Crippen molar-refractivity contribution in [1.82, 2.24) is 4.90 Å². The van der Waals surface area contributed by atoms with Crippen LogP contribution < -0.4 is 0 Å². The first kappa shape index (κ1) is 18.0. The third-order valence-corrected chi connectivity index (χ3v) is 3.75. The van der Waals surface area contributed by atoms with Crippen LogP contribution in [0.15, 0.2) is 0 Å². The lowest BCUT2D eigenvalue weighted by molar-refractivity contribution is -0.133. The lowest BCUT2D eigenvalue weighted by atomic mass is 10.0. The standard InChI is InChI=1S/C18H31NO2/c1-15(2)7-5-9-18(20)19-12-10-17(11-13-19)21-14-6-8-16(3)4/h15-17H,5,7,9-14H2,1-4H3. The van der Waals surface area contributed by atoms with Gasteiger partial charge in [-0.2, -0.15) is 0 Å². The van der Waals surface area contributed by atoms with Gasteiger partial charge in [-0.1, -0.05) is 46.0 Å². The molecule has 0 atom stereocenters. The Morgan fingerprint density at radius 2 is 1.90 bits per heavy atom. The molecule has 0 aromatic carbocycles. The number of rotatable bonds is 6. The fraction of sp³-hybridized carbons (Fsp3) is 0.833. The van der Waals surface area contributed by atoms with E-state index < -0.39 is 0 Å². The number of hydrogen-bond acceptors (Lipinski definition) is 2. The van der Waals surface area contributed by atoms with Gasteiger partial charge in [0, 0.05) is 25.4 Å². The first-order chi connectivity index (χ1) is 9.99. The lowest BCUT2D eigenvalue weighted by Gasteiger charge is -2.31. The van der Waals surface area contributed by atoms with E-state index in [1.54, 1.807) is 0 Å². The second-order valence-corrected chi connectivity index (χ2v) is 6.65. The first-order valence-corrected chi connectivity index (χ1v) is 8.36. The average Bonchev–Trinajstić information content (AvgIpc) is 2.43. The van der Waals surface area contributed by atoms with Crippen molar-refractivity contribution < 1.29 is 9.53 Å². The zero-order valence-electron chi connectivity index (χ0n) is 14.2. The summed E-state index contributed by atoms with van der Waals surface area (Å²) in [4.78, 5) is 14.1. The Kier molecular flexibility index (Phi) is 8.45. The van der Waals surface area contributed by atoms with Crippen LogP contribution >= 0.6 is 0 Å². The molecule has 21 heavy (non-hydrogen) atoms. The minimum Gasteiger partial charge on any atom is -0.365 e. The van der Waals surface area contributed by atoms with E-state index in [0.29, 0.717) is 30.8 Å². The highest BCUT2D eigenvalue weighted by Gasteiger charge is 2.22. The van der Waals surface area contributed by atoms with Crippen LogP contribution in [0.25, 0.3) is 0 Å². The Balaban J connectivity index is 2.17. The molecule has 3 nitrogen and oxygen atoms in total. The summed E-state index contributed by atoms with van der Waals surface area (Å²) in [5.74, 6) is 7.56. The molecule has 0 spiro atoms. The van der Waals surface area contributed by atoms with Crippen molar-refractivity contribution in [3.63, 3.8) is 0 Å². The normalized spacial score (nSPS) is 16.2. The monoisotopic (exact) mass is 293 g/mol. The Morgan fingerprint density at radius 1 is 1.24 bits per heavy atom. The second-order valence-electron chi connectivity index (χ2n) is 6.65. The summed E-state index contributed by atoms with van der Waals surface area (Å²) < 4.78 is 5.76. The summed E-state index contributed by atoms with van der Waals surface area (Å²) in [6.07, 6.45) is 5.01. The van der Waals surface area contributed by atoms with E-state index in [-0.39, 0.29) is 6.10 Å². The maximum atomic E-state index is 12.1. The maximum absolute atomic E-state index is 12.1. The summed E-state index contributed by atoms with van der Waals surface area (Å²) in [5, 5.41) is 0. The topological polar surface area (TPSA) is 29.5 Å². The molecule has 1 saturated heterocycles. The molecule has 1 amide bonds. The smallest absolute Gasteiger partial charge is 0.222 e. The number of carbonyl (C=O) groups excluding carboxylic acids is 1. The Morgan fingerprint density at radius 3 is 2.48 bits per heavy atom. The fourth-order valence-electron chi connectivity index (χ4n) is 2.50. The minimum atomic E-state index is 0.270. The number of likely N-dealkylation sites (tertiary alicyclic amines) is 1. The van der Waals surface area contributed by atoms with Gasteiger partial charge in [0.2, 0.25) is 5.91 Å². The average molecular weight is 293 g/mol. The summed E-state index contributed by atoms with van der Waals surface area (Å²) in [6.45, 7) is 10.8. The van der Waals surface area contributed by atoms with Crippen LogP contribution in [0, 0.1) is 23.7 Å². The van der Waals surface area contributed by atoms with Gasteiger partial charge in [0.05, 0.1) is 6.10 Å². The third-order valence-electron chi connectivity index (χ3n) is 3.75. The van der Waals surface area contributed by atoms with Crippen LogP contribution in [0.3, 0.4) is 0 Å². The first-order valence-electron chi connectivity index (χ1n) is 8.36. The molecule has 0 aliphatic carbocycles. The van der Waals surface area contributed by atoms with Crippen molar-refractivity contribution in [3.8, 4) is 11.8 Å². The predicted octanol–water partition coefficient (Wildman–Crippen LogP) is 3.48. The molecule has 0 N–H and O–H groups in total. The second kappa shape index (κ2) is 9.84. The molecule has 0 unspecified atom stereocenters. The molecule has 1 heterocycles. The summed E-state index contributed by atoms with van der Waals surface area (Å²) >= 11 is 0. The molecule has 0 aromatic heterocycles. The Labute approximate surface area is 130 Å². The van der Waals surface area contributed by atoms with E-state index >= 15 is 0 Å². The van der Waals surface area contributed by atoms with Crippen molar-refractivity contribution in [3.05, 3.63) is 0 Å². The molecule has 1 aliphatic rings. The molecule has 1 aliphatic heterocycles. The Hall–Kier alpha value is -1.01. The molecule has 120 valence electrons. The van der Waals surface area contributed by atoms with Crippen LogP contribution in [-0.2, 0) is 9.53 Å². The van der Waals surface area contributed by atoms with E-state index in [4.69, 9.17) is 4.74 Å². The van der Waals surface area contributed by atoms with Gasteiger partial charge in [-0.25, -0.2) is 0 Å². The SMILES string of the molecule is CC(C)C#CCOC1CCN(C(=O)CCCC(C)C)CC1. The van der Waals surface area contributed by atoms with E-state index in [9.17, 15) is 4.79 Å². The molecule has 0 aromatic rings. The van der Waals surface area contributed by atoms with Crippen molar-refractivity contribution in [2.75, 3.05) is 19.7 Å². The molecule has 0 radical (unpaired) electrons. The van der Waals surface area contributed by atoms with Gasteiger partial charge in [-0.3, -0.25) is 4.79 Å². The molecule has 1 rings (SSSR count). The number of amides is 1. The van der Waals surface area contributed by atoms with Gasteiger partial charge in [-0.15, -0.1) is 0 Å². The highest BCUT2D eigenvalue weighted by molar-refractivity contribution is 5.76. The molecule has 0 bridgehead atoms. The largest absolute Gasteiger partial charge is 0.365 e. The van der Waals surface area contributed by atoms with Gasteiger partial charge in [0.1, 0.15) is 6.61 Å². The van der Waals surface area contributed by atoms with Crippen LogP contribution in [0.2, 0.25) is 0 Å². The number of hydrogen-bond donors (Lipinski definition) is 0. The lowest BCUT2D eigenvalue weighted by Crippen LogP contribution is -2.40. The van der Waals surface area contributed by atoms with Crippen LogP contribution in [0.4, 0.5) is 0 Å². The summed E-state index contributed by atoms with van der Waals surface area (Å²) in [5.41, 5.74) is 0. The number of nitrogens with zero attached hydrogens (tertiary/aromatic N) is 1. The van der Waals surface area contributed by atoms with Gasteiger partial charge in [-0.05, 0) is 25.2 Å². The van der Waals surface area contributed by atoms with Crippen LogP contribution in [-0.4, -0.2) is 36.6 Å². The van der Waals surface area contributed by atoms with Crippen molar-refractivity contribution in [2.45, 2.75) is 65.9 Å². The summed E-state index contributed by atoms with van der Waals surface area (Å²) in [7, 11) is 0. The zero-order chi connectivity index (χ0) is 15.7.